The summed E-state index contributed by atoms with van der Waals surface area (Å²) >= 11 is 0. The lowest BCUT2D eigenvalue weighted by Gasteiger charge is -2.06. The molecule has 96 valence electrons. The summed E-state index contributed by atoms with van der Waals surface area (Å²) in [5.41, 5.74) is 0.423. The van der Waals surface area contributed by atoms with Crippen LogP contribution in [0.15, 0.2) is 18.2 Å². The molecule has 0 bridgehead atoms. The summed E-state index contributed by atoms with van der Waals surface area (Å²) in [7, 11) is -0.855. The summed E-state index contributed by atoms with van der Waals surface area (Å²) in [6, 6.07) is 6.03. The average Bonchev–Trinajstić information content (AvgIpc) is 2.37. The van der Waals surface area contributed by atoms with Gasteiger partial charge in [0.2, 0.25) is 0 Å². The molecule has 7 heteroatoms. The second kappa shape index (κ2) is 6.71. The molecule has 0 radical (unpaired) electrons. The number of benzene rings is 1. The van der Waals surface area contributed by atoms with Gasteiger partial charge in [0.15, 0.2) is 0 Å². The molecule has 0 saturated carbocycles. The van der Waals surface area contributed by atoms with Gasteiger partial charge in [-0.2, -0.15) is 5.26 Å². The van der Waals surface area contributed by atoms with Crippen LogP contribution in [-0.2, 0) is 10.8 Å². The summed E-state index contributed by atoms with van der Waals surface area (Å²) in [5, 5.41) is 22.4. The largest absolute Gasteiger partial charge is 0.384 e. The van der Waals surface area contributed by atoms with Crippen LogP contribution >= 0.6 is 0 Å². The molecular weight excluding hydrogens is 254 g/mol. The molecule has 0 saturated heterocycles. The van der Waals surface area contributed by atoms with Gasteiger partial charge in [-0.1, -0.05) is 6.92 Å². The molecule has 0 heterocycles. The molecule has 1 unspecified atom stereocenters. The highest BCUT2D eigenvalue weighted by Gasteiger charge is 2.13. The summed E-state index contributed by atoms with van der Waals surface area (Å²) < 4.78 is 11.2. The van der Waals surface area contributed by atoms with Gasteiger partial charge in [0.25, 0.3) is 5.69 Å². The quantitative estimate of drug-likeness (QED) is 0.624. The minimum absolute atomic E-state index is 0.0154. The van der Waals surface area contributed by atoms with Crippen LogP contribution in [0.5, 0.6) is 0 Å². The van der Waals surface area contributed by atoms with Crippen molar-refractivity contribution in [3.8, 4) is 6.07 Å². The van der Waals surface area contributed by atoms with E-state index in [1.807, 2.05) is 6.92 Å². The van der Waals surface area contributed by atoms with Crippen molar-refractivity contribution in [1.82, 2.24) is 0 Å². The van der Waals surface area contributed by atoms with Crippen LogP contribution in [0.3, 0.4) is 0 Å². The van der Waals surface area contributed by atoms with Crippen LogP contribution < -0.4 is 5.32 Å². The first-order valence-corrected chi connectivity index (χ1v) is 6.84. The van der Waals surface area contributed by atoms with Crippen molar-refractivity contribution >= 4 is 22.2 Å². The lowest BCUT2D eigenvalue weighted by atomic mass is 10.2. The lowest BCUT2D eigenvalue weighted by molar-refractivity contribution is -0.385. The van der Waals surface area contributed by atoms with E-state index in [4.69, 9.17) is 5.26 Å². The first-order valence-electron chi connectivity index (χ1n) is 5.36. The average molecular weight is 267 g/mol. The monoisotopic (exact) mass is 267 g/mol. The maximum Gasteiger partial charge on any atom is 0.287 e. The van der Waals surface area contributed by atoms with Gasteiger partial charge in [-0.05, 0) is 12.1 Å². The molecule has 0 aromatic heterocycles. The van der Waals surface area contributed by atoms with E-state index in [9.17, 15) is 14.3 Å². The van der Waals surface area contributed by atoms with Gasteiger partial charge < -0.3 is 5.32 Å². The molecule has 0 spiro atoms. The lowest BCUT2D eigenvalue weighted by Crippen LogP contribution is -2.12. The maximum absolute atomic E-state index is 11.2. The van der Waals surface area contributed by atoms with E-state index in [0.29, 0.717) is 23.7 Å². The molecule has 0 amide bonds. The molecule has 1 atom stereocenters. The Labute approximate surface area is 107 Å². The molecule has 1 N–H and O–H groups in total. The highest BCUT2D eigenvalue weighted by molar-refractivity contribution is 7.84. The Kier molecular flexibility index (Phi) is 5.27. The van der Waals surface area contributed by atoms with E-state index in [-0.39, 0.29) is 11.3 Å². The minimum atomic E-state index is -0.855. The molecule has 1 aromatic carbocycles. The van der Waals surface area contributed by atoms with Gasteiger partial charge in [0.1, 0.15) is 11.6 Å². The van der Waals surface area contributed by atoms with Crippen LogP contribution in [0.2, 0.25) is 0 Å². The summed E-state index contributed by atoms with van der Waals surface area (Å²) in [4.78, 5) is 10.0. The Hall–Kier alpha value is -1.94. The van der Waals surface area contributed by atoms with Crippen molar-refractivity contribution in [2.75, 3.05) is 23.4 Å². The number of nitro benzene ring substituents is 1. The Bertz CT molecular complexity index is 511. The molecule has 18 heavy (non-hydrogen) atoms. The number of nitrogens with one attached hydrogen (secondary N) is 1. The number of hydrogen-bond donors (Lipinski definition) is 1. The van der Waals surface area contributed by atoms with Crippen molar-refractivity contribution in [2.45, 2.75) is 6.92 Å². The molecule has 0 aliphatic heterocycles. The van der Waals surface area contributed by atoms with Crippen molar-refractivity contribution < 1.29 is 9.13 Å². The van der Waals surface area contributed by atoms with Gasteiger partial charge in [-0.3, -0.25) is 14.3 Å². The van der Waals surface area contributed by atoms with E-state index in [2.05, 4.69) is 5.32 Å². The molecule has 1 aromatic rings. The smallest absolute Gasteiger partial charge is 0.287 e. The Morgan fingerprint density at radius 3 is 2.83 bits per heavy atom. The number of hydrogen-bond acceptors (Lipinski definition) is 5. The molecular formula is C11H13N3O3S. The number of nitro groups is 1. The fourth-order valence-electron chi connectivity index (χ4n) is 1.35. The fourth-order valence-corrected chi connectivity index (χ4v) is 1.97. The third-order valence-corrected chi connectivity index (χ3v) is 3.60. The van der Waals surface area contributed by atoms with E-state index in [1.54, 1.807) is 6.07 Å². The van der Waals surface area contributed by atoms with Gasteiger partial charge in [0.05, 0.1) is 4.92 Å². The van der Waals surface area contributed by atoms with E-state index in [0.717, 1.165) is 0 Å². The Morgan fingerprint density at radius 2 is 2.28 bits per heavy atom. The topological polar surface area (TPSA) is 96.0 Å². The predicted molar refractivity (Wildman–Crippen MR) is 69.9 cm³/mol. The molecule has 0 aliphatic carbocycles. The molecule has 6 nitrogen and oxygen atoms in total. The van der Waals surface area contributed by atoms with E-state index >= 15 is 0 Å². The van der Waals surface area contributed by atoms with Crippen molar-refractivity contribution in [3.05, 3.63) is 33.9 Å². The van der Waals surface area contributed by atoms with Crippen LogP contribution in [0, 0.1) is 21.4 Å². The standard InChI is InChI=1S/C11H13N3O3S/c1-2-18(17)6-5-13-10-3-4-11(14(15)16)9(7-10)8-12/h3-4,7,13H,2,5-6H2,1H3. The predicted octanol–water partition coefficient (Wildman–Crippen LogP) is 1.65. The fraction of sp³-hybridized carbons (Fsp3) is 0.364. The van der Waals surface area contributed by atoms with Crippen LogP contribution in [0.25, 0.3) is 0 Å². The minimum Gasteiger partial charge on any atom is -0.384 e. The third kappa shape index (κ3) is 3.82. The zero-order valence-electron chi connectivity index (χ0n) is 9.88. The second-order valence-electron chi connectivity index (χ2n) is 3.46. The van der Waals surface area contributed by atoms with Crippen LogP contribution in [0.1, 0.15) is 12.5 Å². The highest BCUT2D eigenvalue weighted by atomic mass is 32.2. The SMILES string of the molecule is CCS(=O)CCNc1ccc([N+](=O)[O-])c(C#N)c1. The normalized spacial score (nSPS) is 11.6. The highest BCUT2D eigenvalue weighted by Crippen LogP contribution is 2.21. The Morgan fingerprint density at radius 1 is 1.56 bits per heavy atom. The zero-order valence-corrected chi connectivity index (χ0v) is 10.7. The molecule has 0 aliphatic rings. The molecule has 1 rings (SSSR count). The van der Waals surface area contributed by atoms with Crippen molar-refractivity contribution in [2.24, 2.45) is 0 Å². The van der Waals surface area contributed by atoms with Gasteiger partial charge in [-0.15, -0.1) is 0 Å². The van der Waals surface area contributed by atoms with Crippen LogP contribution in [0.4, 0.5) is 11.4 Å². The summed E-state index contributed by atoms with van der Waals surface area (Å²) in [6.07, 6.45) is 0. The van der Waals surface area contributed by atoms with Gasteiger partial charge in [0, 0.05) is 40.6 Å². The summed E-state index contributed by atoms with van der Waals surface area (Å²) in [6.45, 7) is 2.35. The first kappa shape index (κ1) is 14.1. The van der Waals surface area contributed by atoms with Crippen molar-refractivity contribution in [3.63, 3.8) is 0 Å². The van der Waals surface area contributed by atoms with E-state index < -0.39 is 15.7 Å². The van der Waals surface area contributed by atoms with Gasteiger partial charge in [-0.25, -0.2) is 0 Å². The van der Waals surface area contributed by atoms with Crippen molar-refractivity contribution in [1.29, 1.82) is 5.26 Å². The number of nitriles is 1. The summed E-state index contributed by atoms with van der Waals surface area (Å²) in [5.74, 6) is 1.11. The maximum atomic E-state index is 11.2. The number of rotatable bonds is 6. The molecule has 0 fully saturated rings. The number of nitrogens with zero attached hydrogens (tertiary/aromatic N) is 2. The van der Waals surface area contributed by atoms with Gasteiger partial charge >= 0.3 is 0 Å². The van der Waals surface area contributed by atoms with E-state index in [1.165, 1.54) is 18.2 Å². The number of anilines is 1. The second-order valence-corrected chi connectivity index (χ2v) is 5.33. The Balaban J connectivity index is 2.72. The first-order chi connectivity index (χ1) is 8.58. The third-order valence-electron chi connectivity index (χ3n) is 2.29. The van der Waals surface area contributed by atoms with Crippen LogP contribution in [-0.4, -0.2) is 27.2 Å². The zero-order chi connectivity index (χ0) is 13.5.